The third kappa shape index (κ3) is 4.89. The van der Waals surface area contributed by atoms with Crippen LogP contribution >= 0.6 is 0 Å². The van der Waals surface area contributed by atoms with Crippen LogP contribution in [-0.4, -0.2) is 22.3 Å². The zero-order valence-electron chi connectivity index (χ0n) is 16.8. The van der Waals surface area contributed by atoms with Crippen LogP contribution < -0.4 is 5.32 Å². The van der Waals surface area contributed by atoms with Gasteiger partial charge in [-0.05, 0) is 62.6 Å². The highest BCUT2D eigenvalue weighted by Crippen LogP contribution is 2.27. The third-order valence-corrected chi connectivity index (χ3v) is 5.66. The van der Waals surface area contributed by atoms with Crippen molar-refractivity contribution in [3.63, 3.8) is 0 Å². The van der Waals surface area contributed by atoms with Gasteiger partial charge in [0.2, 0.25) is 5.91 Å². The largest absolute Gasteiger partial charge is 0.352 e. The standard InChI is InChI=1S/C23H29FN2O2/c1-16-21(17(2)27)14-22(18-10-12-19(24)13-11-18)26(16)15-23(28)25-20-8-6-4-3-5-7-9-20/h10-14,20H,3-9,15H2,1-2H3,(H,25,28). The number of nitrogens with zero attached hydrogens (tertiary/aromatic N) is 1. The van der Waals surface area contributed by atoms with Gasteiger partial charge in [-0.1, -0.05) is 32.1 Å². The number of nitrogens with one attached hydrogen (secondary N) is 1. The van der Waals surface area contributed by atoms with Crippen LogP contribution in [0.5, 0.6) is 0 Å². The van der Waals surface area contributed by atoms with E-state index in [1.165, 1.54) is 38.3 Å². The number of benzene rings is 1. The summed E-state index contributed by atoms with van der Waals surface area (Å²) in [4.78, 5) is 24.8. The summed E-state index contributed by atoms with van der Waals surface area (Å²) in [5, 5.41) is 3.18. The first-order valence-corrected chi connectivity index (χ1v) is 10.2. The summed E-state index contributed by atoms with van der Waals surface area (Å²) in [5.41, 5.74) is 2.91. The van der Waals surface area contributed by atoms with E-state index >= 15 is 0 Å². The molecule has 3 rings (SSSR count). The lowest BCUT2D eigenvalue weighted by atomic mass is 9.97. The summed E-state index contributed by atoms with van der Waals surface area (Å²) in [5.74, 6) is -0.393. The number of aromatic nitrogens is 1. The zero-order valence-corrected chi connectivity index (χ0v) is 16.8. The normalized spacial score (nSPS) is 15.7. The fourth-order valence-corrected chi connectivity index (χ4v) is 4.08. The van der Waals surface area contributed by atoms with Crippen LogP contribution in [0.1, 0.15) is 67.9 Å². The van der Waals surface area contributed by atoms with Crippen molar-refractivity contribution in [1.29, 1.82) is 0 Å². The minimum Gasteiger partial charge on any atom is -0.352 e. The fourth-order valence-electron chi connectivity index (χ4n) is 4.08. The summed E-state index contributed by atoms with van der Waals surface area (Å²) in [7, 11) is 0. The van der Waals surface area contributed by atoms with Crippen LogP contribution in [-0.2, 0) is 11.3 Å². The van der Waals surface area contributed by atoms with Crippen molar-refractivity contribution in [3.8, 4) is 11.3 Å². The maximum absolute atomic E-state index is 13.3. The van der Waals surface area contributed by atoms with E-state index < -0.39 is 0 Å². The van der Waals surface area contributed by atoms with Gasteiger partial charge in [-0.15, -0.1) is 0 Å². The molecule has 4 nitrogen and oxygen atoms in total. The molecule has 1 heterocycles. The highest BCUT2D eigenvalue weighted by molar-refractivity contribution is 5.97. The average Bonchev–Trinajstić information content (AvgIpc) is 2.95. The zero-order chi connectivity index (χ0) is 20.1. The van der Waals surface area contributed by atoms with Gasteiger partial charge in [0.05, 0.1) is 0 Å². The van der Waals surface area contributed by atoms with Gasteiger partial charge < -0.3 is 9.88 Å². The summed E-state index contributed by atoms with van der Waals surface area (Å²) in [6.45, 7) is 3.53. The van der Waals surface area contributed by atoms with Crippen molar-refractivity contribution in [2.75, 3.05) is 0 Å². The minimum atomic E-state index is -0.313. The van der Waals surface area contributed by atoms with Crippen molar-refractivity contribution < 1.29 is 14.0 Å². The lowest BCUT2D eigenvalue weighted by molar-refractivity contribution is -0.122. The molecule has 0 radical (unpaired) electrons. The molecule has 1 fully saturated rings. The molecule has 1 aliphatic rings. The molecule has 1 N–H and O–H groups in total. The van der Waals surface area contributed by atoms with E-state index in [0.717, 1.165) is 42.6 Å². The van der Waals surface area contributed by atoms with Crippen molar-refractivity contribution in [3.05, 3.63) is 47.4 Å². The highest BCUT2D eigenvalue weighted by Gasteiger charge is 2.20. The number of amides is 1. The number of Topliss-reactive ketones (excluding diaryl/α,β-unsaturated/α-hetero) is 1. The molecular formula is C23H29FN2O2. The van der Waals surface area contributed by atoms with Gasteiger partial charge in [0.1, 0.15) is 12.4 Å². The smallest absolute Gasteiger partial charge is 0.240 e. The Labute approximate surface area is 166 Å². The van der Waals surface area contributed by atoms with E-state index in [0.29, 0.717) is 5.56 Å². The molecule has 1 aromatic heterocycles. The van der Waals surface area contributed by atoms with Gasteiger partial charge >= 0.3 is 0 Å². The third-order valence-electron chi connectivity index (χ3n) is 5.66. The molecule has 2 aromatic rings. The number of carbonyl (C=O) groups excluding carboxylic acids is 2. The molecule has 1 saturated carbocycles. The van der Waals surface area contributed by atoms with Crippen molar-refractivity contribution in [2.24, 2.45) is 0 Å². The Morgan fingerprint density at radius 1 is 1.07 bits per heavy atom. The van der Waals surface area contributed by atoms with Crippen molar-refractivity contribution >= 4 is 11.7 Å². The maximum atomic E-state index is 13.3. The molecule has 0 unspecified atom stereocenters. The molecule has 0 aliphatic heterocycles. The van der Waals surface area contributed by atoms with Gasteiger partial charge in [-0.2, -0.15) is 0 Å². The average molecular weight is 384 g/mol. The fraction of sp³-hybridized carbons (Fsp3) is 0.478. The first kappa shape index (κ1) is 20.3. The van der Waals surface area contributed by atoms with Crippen molar-refractivity contribution in [1.82, 2.24) is 9.88 Å². The minimum absolute atomic E-state index is 0.0391. The Morgan fingerprint density at radius 3 is 2.29 bits per heavy atom. The summed E-state index contributed by atoms with van der Waals surface area (Å²) in [6, 6.07) is 8.17. The van der Waals surface area contributed by atoms with Gasteiger partial charge in [-0.3, -0.25) is 9.59 Å². The quantitative estimate of drug-likeness (QED) is 0.735. The van der Waals surface area contributed by atoms with Crippen LogP contribution in [0, 0.1) is 12.7 Å². The molecule has 1 aliphatic carbocycles. The molecule has 0 bridgehead atoms. The molecule has 1 aromatic carbocycles. The van der Waals surface area contributed by atoms with Crippen LogP contribution in [0.4, 0.5) is 4.39 Å². The van der Waals surface area contributed by atoms with E-state index in [1.54, 1.807) is 18.2 Å². The second kappa shape index (κ2) is 9.18. The Bertz CT molecular complexity index is 831. The van der Waals surface area contributed by atoms with Gasteiger partial charge in [0.15, 0.2) is 5.78 Å². The second-order valence-corrected chi connectivity index (χ2v) is 7.79. The number of carbonyl (C=O) groups is 2. The number of halogens is 1. The van der Waals surface area contributed by atoms with E-state index in [4.69, 9.17) is 0 Å². The van der Waals surface area contributed by atoms with Crippen LogP contribution in [0.15, 0.2) is 30.3 Å². The van der Waals surface area contributed by atoms with Crippen LogP contribution in [0.3, 0.4) is 0 Å². The number of ketones is 1. The number of rotatable bonds is 5. The van der Waals surface area contributed by atoms with Gasteiger partial charge in [-0.25, -0.2) is 4.39 Å². The summed E-state index contributed by atoms with van der Waals surface area (Å²) < 4.78 is 15.2. The highest BCUT2D eigenvalue weighted by atomic mass is 19.1. The second-order valence-electron chi connectivity index (χ2n) is 7.79. The lowest BCUT2D eigenvalue weighted by Gasteiger charge is -2.22. The lowest BCUT2D eigenvalue weighted by Crippen LogP contribution is -2.37. The summed E-state index contributed by atoms with van der Waals surface area (Å²) >= 11 is 0. The van der Waals surface area contributed by atoms with E-state index in [1.807, 2.05) is 11.5 Å². The Balaban J connectivity index is 1.82. The van der Waals surface area contributed by atoms with Gasteiger partial charge in [0, 0.05) is 23.0 Å². The first-order chi connectivity index (χ1) is 13.5. The van der Waals surface area contributed by atoms with E-state index in [9.17, 15) is 14.0 Å². The van der Waals surface area contributed by atoms with E-state index in [2.05, 4.69) is 5.32 Å². The molecule has 1 amide bonds. The molecule has 0 spiro atoms. The molecular weight excluding hydrogens is 355 g/mol. The Morgan fingerprint density at radius 2 is 1.68 bits per heavy atom. The monoisotopic (exact) mass is 384 g/mol. The SMILES string of the molecule is CC(=O)c1cc(-c2ccc(F)cc2)n(CC(=O)NC2CCCCCCC2)c1C. The topological polar surface area (TPSA) is 51.1 Å². The van der Waals surface area contributed by atoms with Crippen LogP contribution in [0.25, 0.3) is 11.3 Å². The number of hydrogen-bond acceptors (Lipinski definition) is 2. The number of hydrogen-bond donors (Lipinski definition) is 1. The maximum Gasteiger partial charge on any atom is 0.240 e. The molecule has 150 valence electrons. The Hall–Kier alpha value is -2.43. The predicted molar refractivity (Wildman–Crippen MR) is 109 cm³/mol. The molecule has 0 saturated heterocycles. The molecule has 28 heavy (non-hydrogen) atoms. The Kier molecular flexibility index (Phi) is 6.65. The van der Waals surface area contributed by atoms with Crippen LogP contribution in [0.2, 0.25) is 0 Å². The van der Waals surface area contributed by atoms with Crippen molar-refractivity contribution in [2.45, 2.75) is 71.4 Å². The van der Waals surface area contributed by atoms with Gasteiger partial charge in [0.25, 0.3) is 0 Å². The molecule has 0 atom stereocenters. The predicted octanol–water partition coefficient (Wildman–Crippen LogP) is 5.03. The van der Waals surface area contributed by atoms with E-state index in [-0.39, 0.29) is 30.1 Å². The molecule has 5 heteroatoms. The summed E-state index contributed by atoms with van der Waals surface area (Å²) in [6.07, 6.45) is 8.13. The first-order valence-electron chi connectivity index (χ1n) is 10.2.